The van der Waals surface area contributed by atoms with Crippen LogP contribution in [0.5, 0.6) is 11.5 Å². The third-order valence-electron chi connectivity index (χ3n) is 6.73. The number of hydrogen-bond donors (Lipinski definition) is 2. The van der Waals surface area contributed by atoms with Crippen molar-refractivity contribution in [2.75, 3.05) is 46.6 Å². The molecule has 0 atom stereocenters. The largest absolute Gasteiger partial charge is 0.496 e. The van der Waals surface area contributed by atoms with E-state index in [1.807, 2.05) is 48.5 Å². The number of halogens is 3. The molecule has 1 fully saturated rings. The number of benzene rings is 2. The predicted octanol–water partition coefficient (Wildman–Crippen LogP) is 4.04. The Morgan fingerprint density at radius 1 is 1.09 bits per heavy atom. The minimum absolute atomic E-state index is 0.176. The number of ether oxygens (including phenoxy) is 3. The number of aromatic nitrogens is 1. The molecule has 3 heterocycles. The number of hydrogen-bond acceptors (Lipinski definition) is 8. The van der Waals surface area contributed by atoms with Crippen LogP contribution in [0.3, 0.4) is 0 Å². The van der Waals surface area contributed by atoms with Crippen molar-refractivity contribution < 1.29 is 42.1 Å². The Morgan fingerprint density at radius 3 is 2.42 bits per heavy atom. The molecule has 0 unspecified atom stereocenters. The number of rotatable bonds is 8. The average molecular weight is 622 g/mol. The van der Waals surface area contributed by atoms with Crippen molar-refractivity contribution in [1.82, 2.24) is 14.8 Å². The Balaban J connectivity index is 0.000000541. The second kappa shape index (κ2) is 13.9. The van der Waals surface area contributed by atoms with Gasteiger partial charge in [0.1, 0.15) is 22.6 Å². The molecule has 4 aromatic rings. The summed E-state index contributed by atoms with van der Waals surface area (Å²) < 4.78 is 51.2. The monoisotopic (exact) mass is 621 g/mol. The van der Waals surface area contributed by atoms with E-state index < -0.39 is 12.1 Å². The van der Waals surface area contributed by atoms with E-state index in [-0.39, 0.29) is 11.5 Å². The molecule has 0 saturated carbocycles. The van der Waals surface area contributed by atoms with Crippen molar-refractivity contribution >= 4 is 44.2 Å². The van der Waals surface area contributed by atoms with Crippen molar-refractivity contribution in [1.29, 1.82) is 0 Å². The molecule has 1 saturated heterocycles. The van der Waals surface area contributed by atoms with E-state index in [9.17, 15) is 22.8 Å². The number of carboxylic acid groups (broad SMARTS) is 1. The van der Waals surface area contributed by atoms with E-state index in [1.165, 1.54) is 11.3 Å². The van der Waals surface area contributed by atoms with Gasteiger partial charge in [-0.05, 0) is 12.1 Å². The molecule has 230 valence electrons. The van der Waals surface area contributed by atoms with Crippen LogP contribution in [0, 0.1) is 0 Å². The van der Waals surface area contributed by atoms with Gasteiger partial charge in [-0.25, -0.2) is 4.79 Å². The first-order valence-corrected chi connectivity index (χ1v) is 14.0. The molecule has 14 heteroatoms. The maximum atomic E-state index is 13.4. The maximum Gasteiger partial charge on any atom is 0.490 e. The highest BCUT2D eigenvalue weighted by atomic mass is 32.1. The van der Waals surface area contributed by atoms with Crippen molar-refractivity contribution in [3.05, 3.63) is 69.3 Å². The van der Waals surface area contributed by atoms with Crippen LogP contribution in [0.4, 0.5) is 13.2 Å². The number of alkyl halides is 3. The van der Waals surface area contributed by atoms with Crippen LogP contribution in [-0.2, 0) is 23.1 Å². The van der Waals surface area contributed by atoms with Gasteiger partial charge in [-0.15, -0.1) is 11.3 Å². The zero-order chi connectivity index (χ0) is 31.1. The van der Waals surface area contributed by atoms with Crippen LogP contribution >= 0.6 is 11.3 Å². The summed E-state index contributed by atoms with van der Waals surface area (Å²) in [4.78, 5) is 38.4. The summed E-state index contributed by atoms with van der Waals surface area (Å²) in [6.45, 7) is 4.43. The fourth-order valence-electron chi connectivity index (χ4n) is 4.53. The van der Waals surface area contributed by atoms with Crippen LogP contribution in [0.25, 0.3) is 21.0 Å². The number of thiophene rings is 1. The third-order valence-corrected chi connectivity index (χ3v) is 7.93. The molecule has 0 bridgehead atoms. The second-order valence-electron chi connectivity index (χ2n) is 9.45. The van der Waals surface area contributed by atoms with E-state index in [2.05, 4.69) is 10.2 Å². The molecule has 10 nitrogen and oxygen atoms in total. The van der Waals surface area contributed by atoms with Crippen LogP contribution < -0.4 is 20.3 Å². The van der Waals surface area contributed by atoms with Crippen molar-refractivity contribution in [2.24, 2.45) is 7.05 Å². The Kier molecular flexibility index (Phi) is 10.3. The number of aliphatic carboxylic acids is 1. The molecule has 2 N–H and O–H groups in total. The molecule has 2 aromatic carbocycles. The second-order valence-corrected chi connectivity index (χ2v) is 10.5. The lowest BCUT2D eigenvalue weighted by Crippen LogP contribution is -2.38. The molecular formula is C29H30F3N3O7S. The first-order chi connectivity index (χ1) is 20.5. The number of amides is 1. The number of carbonyl (C=O) groups excluding carboxylic acids is 1. The number of pyridine rings is 1. The van der Waals surface area contributed by atoms with E-state index in [0.29, 0.717) is 54.7 Å². The minimum atomic E-state index is -5.08. The number of methoxy groups -OCH3 is 1. The molecule has 0 aliphatic carbocycles. The molecule has 5 rings (SSSR count). The van der Waals surface area contributed by atoms with Gasteiger partial charge in [0.15, 0.2) is 5.75 Å². The van der Waals surface area contributed by atoms with Gasteiger partial charge in [0.05, 0.1) is 30.5 Å². The van der Waals surface area contributed by atoms with E-state index in [0.717, 1.165) is 34.3 Å². The zero-order valence-electron chi connectivity index (χ0n) is 23.4. The van der Waals surface area contributed by atoms with Crippen LogP contribution in [0.15, 0.2) is 53.3 Å². The first kappa shape index (κ1) is 31.8. The van der Waals surface area contributed by atoms with Gasteiger partial charge < -0.3 is 29.2 Å². The third kappa shape index (κ3) is 7.45. The van der Waals surface area contributed by atoms with Gasteiger partial charge in [-0.3, -0.25) is 14.5 Å². The van der Waals surface area contributed by atoms with Crippen LogP contribution in [0.2, 0.25) is 0 Å². The van der Waals surface area contributed by atoms with Crippen molar-refractivity contribution in [2.45, 2.75) is 12.7 Å². The normalized spacial score (nSPS) is 13.8. The summed E-state index contributed by atoms with van der Waals surface area (Å²) in [5.41, 5.74) is 1.51. The highest BCUT2D eigenvalue weighted by Crippen LogP contribution is 2.39. The minimum Gasteiger partial charge on any atom is -0.496 e. The quantitative estimate of drug-likeness (QED) is 0.303. The van der Waals surface area contributed by atoms with Gasteiger partial charge >= 0.3 is 12.1 Å². The molecule has 1 aliphatic heterocycles. The fraction of sp³-hybridized carbons (Fsp3) is 0.345. The molecule has 43 heavy (non-hydrogen) atoms. The smallest absolute Gasteiger partial charge is 0.490 e. The van der Waals surface area contributed by atoms with E-state index >= 15 is 0 Å². The number of carbonyl (C=O) groups is 2. The number of aryl methyl sites for hydroxylation is 1. The van der Waals surface area contributed by atoms with Crippen LogP contribution in [-0.4, -0.2) is 79.2 Å². The van der Waals surface area contributed by atoms with Crippen LogP contribution in [0.1, 0.15) is 15.2 Å². The number of nitrogens with one attached hydrogen (secondary N) is 1. The Bertz CT molecular complexity index is 1660. The Morgan fingerprint density at radius 2 is 1.74 bits per heavy atom. The van der Waals surface area contributed by atoms with Gasteiger partial charge in [0.2, 0.25) is 0 Å². The van der Waals surface area contributed by atoms with Gasteiger partial charge in [-0.2, -0.15) is 13.2 Å². The average Bonchev–Trinajstić information content (AvgIpc) is 3.39. The molecule has 0 radical (unpaired) electrons. The summed E-state index contributed by atoms with van der Waals surface area (Å²) >= 11 is 1.30. The summed E-state index contributed by atoms with van der Waals surface area (Å²) in [6.07, 6.45) is -5.08. The molecule has 1 amide bonds. The lowest BCUT2D eigenvalue weighted by atomic mass is 10.1. The van der Waals surface area contributed by atoms with Gasteiger partial charge in [0, 0.05) is 44.2 Å². The molecular weight excluding hydrogens is 591 g/mol. The SMILES string of the molecule is COc1ccccc1CNC(=O)c1sc2c(c1OCCN1CCOCC1)c(=O)n(C)c1ccccc21.O=C(O)C(F)(F)F. The zero-order valence-corrected chi connectivity index (χ0v) is 24.2. The highest BCUT2D eigenvalue weighted by molar-refractivity contribution is 7.22. The fourth-order valence-corrected chi connectivity index (χ4v) is 5.72. The summed E-state index contributed by atoms with van der Waals surface area (Å²) in [6, 6.07) is 15.3. The van der Waals surface area contributed by atoms with Crippen molar-refractivity contribution in [3.63, 3.8) is 0 Å². The number of nitrogens with zero attached hydrogens (tertiary/aromatic N) is 2. The van der Waals surface area contributed by atoms with Gasteiger partial charge in [-0.1, -0.05) is 36.4 Å². The summed E-state index contributed by atoms with van der Waals surface area (Å²) in [5, 5.41) is 11.5. The summed E-state index contributed by atoms with van der Waals surface area (Å²) in [7, 11) is 3.36. The van der Waals surface area contributed by atoms with E-state index in [1.54, 1.807) is 18.7 Å². The number of morpholine rings is 1. The lowest BCUT2D eigenvalue weighted by Gasteiger charge is -2.26. The number of carboxylic acids is 1. The highest BCUT2D eigenvalue weighted by Gasteiger charge is 2.38. The van der Waals surface area contributed by atoms with E-state index in [4.69, 9.17) is 24.1 Å². The predicted molar refractivity (Wildman–Crippen MR) is 155 cm³/mol. The summed E-state index contributed by atoms with van der Waals surface area (Å²) in [5.74, 6) is -1.98. The Hall–Kier alpha value is -4.14. The molecule has 0 spiro atoms. The number of para-hydroxylation sites is 2. The molecule has 1 aliphatic rings. The van der Waals surface area contributed by atoms with Gasteiger partial charge in [0.25, 0.3) is 11.5 Å². The standard InChI is InChI=1S/C27H29N3O5S.C2HF3O2/c1-29-20-9-5-4-8-19(20)24-22(27(29)32)23(35-16-13-30-11-14-34-15-12-30)25(36-24)26(31)28-17-18-7-3-6-10-21(18)33-2;3-2(4,5)1(6)7/h3-10H,11-17H2,1-2H3,(H,28,31);(H,6,7). The Labute approximate surface area is 248 Å². The maximum absolute atomic E-state index is 13.4. The number of fused-ring (bicyclic) bond motifs is 3. The lowest BCUT2D eigenvalue weighted by molar-refractivity contribution is -0.192. The molecule has 2 aromatic heterocycles. The first-order valence-electron chi connectivity index (χ1n) is 13.2. The van der Waals surface area contributed by atoms with Crippen molar-refractivity contribution in [3.8, 4) is 11.5 Å². The topological polar surface area (TPSA) is 119 Å².